The van der Waals surface area contributed by atoms with Crippen LogP contribution >= 0.6 is 11.6 Å². The Balaban J connectivity index is 1.75. The van der Waals surface area contributed by atoms with Crippen molar-refractivity contribution in [3.63, 3.8) is 0 Å². The SMILES string of the molecule is O=C(CC1(O)CCCC1)N1CCCC1c1ccccc1Cl. The highest BCUT2D eigenvalue weighted by molar-refractivity contribution is 6.31. The molecule has 1 atom stereocenters. The summed E-state index contributed by atoms with van der Waals surface area (Å²) in [6.45, 7) is 0.769. The van der Waals surface area contributed by atoms with Crippen LogP contribution in [0.4, 0.5) is 0 Å². The van der Waals surface area contributed by atoms with Crippen molar-refractivity contribution in [3.8, 4) is 0 Å². The minimum Gasteiger partial charge on any atom is -0.389 e. The maximum Gasteiger partial charge on any atom is 0.225 e. The number of likely N-dealkylation sites (tertiary alicyclic amines) is 1. The molecule has 2 fully saturated rings. The second kappa shape index (κ2) is 5.98. The Labute approximate surface area is 130 Å². The summed E-state index contributed by atoms with van der Waals surface area (Å²) in [6.07, 6.45) is 5.77. The van der Waals surface area contributed by atoms with E-state index in [2.05, 4.69) is 0 Å². The van der Waals surface area contributed by atoms with E-state index < -0.39 is 5.60 Å². The van der Waals surface area contributed by atoms with Crippen molar-refractivity contribution < 1.29 is 9.90 Å². The molecule has 114 valence electrons. The van der Waals surface area contributed by atoms with Crippen molar-refractivity contribution in [3.05, 3.63) is 34.9 Å². The highest BCUT2D eigenvalue weighted by Gasteiger charge is 2.38. The van der Waals surface area contributed by atoms with Gasteiger partial charge in [-0.2, -0.15) is 0 Å². The Morgan fingerprint density at radius 2 is 2.00 bits per heavy atom. The smallest absolute Gasteiger partial charge is 0.225 e. The Bertz CT molecular complexity index is 525. The van der Waals surface area contributed by atoms with Gasteiger partial charge in [0.2, 0.25) is 5.91 Å². The van der Waals surface area contributed by atoms with Crippen LogP contribution in [-0.2, 0) is 4.79 Å². The summed E-state index contributed by atoms with van der Waals surface area (Å²) in [5, 5.41) is 11.2. The predicted molar refractivity (Wildman–Crippen MR) is 83.2 cm³/mol. The zero-order chi connectivity index (χ0) is 14.9. The number of benzene rings is 1. The molecule has 1 N–H and O–H groups in total. The fourth-order valence-corrected chi connectivity index (χ4v) is 3.99. The molecule has 1 aromatic carbocycles. The van der Waals surface area contributed by atoms with Crippen molar-refractivity contribution in [2.75, 3.05) is 6.54 Å². The van der Waals surface area contributed by atoms with E-state index in [9.17, 15) is 9.90 Å². The number of amides is 1. The van der Waals surface area contributed by atoms with Crippen molar-refractivity contribution in [1.82, 2.24) is 4.90 Å². The summed E-state index contributed by atoms with van der Waals surface area (Å²) >= 11 is 6.28. The Morgan fingerprint density at radius 1 is 1.29 bits per heavy atom. The fourth-order valence-electron chi connectivity index (χ4n) is 3.73. The van der Waals surface area contributed by atoms with E-state index in [4.69, 9.17) is 11.6 Å². The van der Waals surface area contributed by atoms with Crippen LogP contribution < -0.4 is 0 Å². The van der Waals surface area contributed by atoms with E-state index in [-0.39, 0.29) is 18.4 Å². The monoisotopic (exact) mass is 307 g/mol. The molecule has 0 bridgehead atoms. The lowest BCUT2D eigenvalue weighted by molar-refractivity contribution is -0.137. The summed E-state index contributed by atoms with van der Waals surface area (Å²) in [4.78, 5) is 14.5. The number of nitrogens with zero attached hydrogens (tertiary/aromatic N) is 1. The zero-order valence-corrected chi connectivity index (χ0v) is 13.0. The van der Waals surface area contributed by atoms with Crippen LogP contribution in [0.3, 0.4) is 0 Å². The molecule has 0 spiro atoms. The van der Waals surface area contributed by atoms with Gasteiger partial charge in [-0.15, -0.1) is 0 Å². The third-order valence-electron chi connectivity index (χ3n) is 4.85. The molecular formula is C17H22ClNO2. The number of aliphatic hydroxyl groups is 1. The lowest BCUT2D eigenvalue weighted by atomic mass is 9.96. The van der Waals surface area contributed by atoms with E-state index in [1.807, 2.05) is 29.2 Å². The molecule has 1 aliphatic carbocycles. The van der Waals surface area contributed by atoms with Crippen LogP contribution in [-0.4, -0.2) is 28.1 Å². The van der Waals surface area contributed by atoms with Crippen LogP contribution in [0.15, 0.2) is 24.3 Å². The Hall–Kier alpha value is -1.06. The van der Waals surface area contributed by atoms with Crippen LogP contribution in [0.2, 0.25) is 5.02 Å². The highest BCUT2D eigenvalue weighted by Crippen LogP contribution is 2.38. The first-order chi connectivity index (χ1) is 10.1. The molecular weight excluding hydrogens is 286 g/mol. The number of halogens is 1. The lowest BCUT2D eigenvalue weighted by Gasteiger charge is -2.29. The van der Waals surface area contributed by atoms with Gasteiger partial charge in [0.15, 0.2) is 0 Å². The number of carbonyl (C=O) groups is 1. The molecule has 21 heavy (non-hydrogen) atoms. The average Bonchev–Trinajstić information content (AvgIpc) is 3.08. The normalized spacial score (nSPS) is 24.5. The summed E-state index contributed by atoms with van der Waals surface area (Å²) in [7, 11) is 0. The summed E-state index contributed by atoms with van der Waals surface area (Å²) in [6, 6.07) is 7.82. The molecule has 1 saturated heterocycles. The van der Waals surface area contributed by atoms with Crippen molar-refractivity contribution in [1.29, 1.82) is 0 Å². The zero-order valence-electron chi connectivity index (χ0n) is 12.2. The molecule has 4 heteroatoms. The maximum absolute atomic E-state index is 12.6. The number of hydrogen-bond donors (Lipinski definition) is 1. The predicted octanol–water partition coefficient (Wildman–Crippen LogP) is 3.70. The Morgan fingerprint density at radius 3 is 2.71 bits per heavy atom. The molecule has 3 nitrogen and oxygen atoms in total. The standard InChI is InChI=1S/C17H22ClNO2/c18-14-7-2-1-6-13(14)15-8-5-11-19(15)16(20)12-17(21)9-3-4-10-17/h1-2,6-7,15,21H,3-5,8-12H2. The van der Waals surface area contributed by atoms with Gasteiger partial charge in [0, 0.05) is 11.6 Å². The maximum atomic E-state index is 12.6. The number of hydrogen-bond acceptors (Lipinski definition) is 2. The second-order valence-corrected chi connectivity index (χ2v) is 6.78. The molecule has 1 heterocycles. The highest BCUT2D eigenvalue weighted by atomic mass is 35.5. The molecule has 0 aromatic heterocycles. The van der Waals surface area contributed by atoms with Gasteiger partial charge in [-0.1, -0.05) is 42.6 Å². The molecule has 1 aliphatic heterocycles. The largest absolute Gasteiger partial charge is 0.389 e. The first-order valence-electron chi connectivity index (χ1n) is 7.85. The summed E-state index contributed by atoms with van der Waals surface area (Å²) in [5.41, 5.74) is 0.258. The molecule has 1 aromatic rings. The minimum absolute atomic E-state index is 0.0659. The van der Waals surface area contributed by atoms with Gasteiger partial charge in [0.25, 0.3) is 0 Å². The van der Waals surface area contributed by atoms with E-state index in [1.165, 1.54) is 0 Å². The number of carbonyl (C=O) groups excluding carboxylic acids is 1. The third kappa shape index (κ3) is 3.09. The average molecular weight is 308 g/mol. The lowest BCUT2D eigenvalue weighted by Crippen LogP contribution is -2.37. The fraction of sp³-hybridized carbons (Fsp3) is 0.588. The third-order valence-corrected chi connectivity index (χ3v) is 5.20. The Kier molecular flexibility index (Phi) is 4.23. The van der Waals surface area contributed by atoms with Crippen molar-refractivity contribution in [2.45, 2.75) is 56.6 Å². The van der Waals surface area contributed by atoms with Crippen LogP contribution in [0.5, 0.6) is 0 Å². The van der Waals surface area contributed by atoms with E-state index >= 15 is 0 Å². The van der Waals surface area contributed by atoms with Gasteiger partial charge in [-0.05, 0) is 37.3 Å². The quantitative estimate of drug-likeness (QED) is 0.925. The molecule has 2 aliphatic rings. The van der Waals surface area contributed by atoms with Crippen molar-refractivity contribution >= 4 is 17.5 Å². The van der Waals surface area contributed by atoms with E-state index in [0.717, 1.165) is 55.7 Å². The van der Waals surface area contributed by atoms with E-state index in [0.29, 0.717) is 0 Å². The van der Waals surface area contributed by atoms with Gasteiger partial charge in [-0.25, -0.2) is 0 Å². The molecule has 1 amide bonds. The topological polar surface area (TPSA) is 40.5 Å². The molecule has 1 saturated carbocycles. The molecule has 3 rings (SSSR count). The molecule has 1 unspecified atom stereocenters. The molecule has 0 radical (unpaired) electrons. The summed E-state index contributed by atoms with van der Waals surface area (Å²) in [5.74, 6) is 0.0711. The van der Waals surface area contributed by atoms with Gasteiger partial charge in [-0.3, -0.25) is 4.79 Å². The second-order valence-electron chi connectivity index (χ2n) is 6.37. The van der Waals surface area contributed by atoms with Crippen molar-refractivity contribution in [2.24, 2.45) is 0 Å². The first-order valence-corrected chi connectivity index (χ1v) is 8.23. The van der Waals surface area contributed by atoms with Gasteiger partial charge in [0.1, 0.15) is 0 Å². The summed E-state index contributed by atoms with van der Waals surface area (Å²) < 4.78 is 0. The first kappa shape index (κ1) is 14.9. The minimum atomic E-state index is -0.773. The van der Waals surface area contributed by atoms with Crippen LogP contribution in [0.25, 0.3) is 0 Å². The number of rotatable bonds is 3. The van der Waals surface area contributed by atoms with Gasteiger partial charge in [0.05, 0.1) is 18.1 Å². The van der Waals surface area contributed by atoms with E-state index in [1.54, 1.807) is 0 Å². The van der Waals surface area contributed by atoms with Crippen LogP contribution in [0, 0.1) is 0 Å². The van der Waals surface area contributed by atoms with Gasteiger partial charge < -0.3 is 10.0 Å². The van der Waals surface area contributed by atoms with Gasteiger partial charge >= 0.3 is 0 Å². The van der Waals surface area contributed by atoms with Crippen LogP contribution in [0.1, 0.15) is 56.6 Å².